The minimum atomic E-state index is 0.979. The molecule has 1 aromatic heterocycles. The molecule has 0 amide bonds. The zero-order chi connectivity index (χ0) is 14.5. The average Bonchev–Trinajstić information content (AvgIpc) is 2.95. The molecule has 2 aromatic rings. The van der Waals surface area contributed by atoms with E-state index in [-0.39, 0.29) is 0 Å². The molecule has 1 aromatic carbocycles. The molecular formula is C18H27N3. The molecule has 1 aliphatic heterocycles. The maximum Gasteiger partial charge on any atom is 0.108 e. The Bertz CT molecular complexity index is 519. The summed E-state index contributed by atoms with van der Waals surface area (Å²) in [5.74, 6) is 2.11. The maximum absolute atomic E-state index is 4.67. The van der Waals surface area contributed by atoms with Gasteiger partial charge in [-0.15, -0.1) is 0 Å². The highest BCUT2D eigenvalue weighted by Gasteiger charge is 2.18. The topological polar surface area (TPSA) is 31.9 Å². The van der Waals surface area contributed by atoms with Gasteiger partial charge < -0.3 is 9.88 Å². The fourth-order valence-corrected chi connectivity index (χ4v) is 3.38. The Morgan fingerprint density at radius 1 is 1.24 bits per heavy atom. The van der Waals surface area contributed by atoms with E-state index in [9.17, 15) is 0 Å². The van der Waals surface area contributed by atoms with Crippen LogP contribution >= 0.6 is 0 Å². The summed E-state index contributed by atoms with van der Waals surface area (Å²) >= 11 is 0. The van der Waals surface area contributed by atoms with Crippen LogP contribution in [0.2, 0.25) is 0 Å². The molecule has 1 aliphatic rings. The number of imidazole rings is 1. The van der Waals surface area contributed by atoms with Crippen molar-refractivity contribution in [3.63, 3.8) is 0 Å². The summed E-state index contributed by atoms with van der Waals surface area (Å²) in [6.45, 7) is 5.98. The Kier molecular flexibility index (Phi) is 4.91. The highest BCUT2D eigenvalue weighted by molar-refractivity contribution is 5.74. The number of nitrogens with zero attached hydrogens (tertiary/aromatic N) is 2. The predicted molar refractivity (Wildman–Crippen MR) is 88.5 cm³/mol. The molecule has 3 rings (SSSR count). The number of aromatic amines is 1. The van der Waals surface area contributed by atoms with Crippen molar-refractivity contribution in [1.29, 1.82) is 0 Å². The molecule has 0 spiro atoms. The minimum absolute atomic E-state index is 0.979. The SMILES string of the molecule is CCCCC1CCN(CCc2nc3ccccc3[nH]2)CC1. The third kappa shape index (κ3) is 3.85. The van der Waals surface area contributed by atoms with Gasteiger partial charge in [0.25, 0.3) is 0 Å². The van der Waals surface area contributed by atoms with Crippen LogP contribution in [0.5, 0.6) is 0 Å². The molecule has 0 saturated carbocycles. The standard InChI is InChI=1S/C18H27N3/c1-2-3-6-15-9-12-21(13-10-15)14-11-18-19-16-7-4-5-8-17(16)20-18/h4-5,7-8,15H,2-3,6,9-14H2,1H3,(H,19,20). The van der Waals surface area contributed by atoms with Crippen LogP contribution < -0.4 is 0 Å². The lowest BCUT2D eigenvalue weighted by Gasteiger charge is -2.31. The Hall–Kier alpha value is -1.35. The first-order valence-electron chi connectivity index (χ1n) is 8.51. The van der Waals surface area contributed by atoms with Crippen molar-refractivity contribution in [2.75, 3.05) is 19.6 Å². The number of H-pyrrole nitrogens is 1. The van der Waals surface area contributed by atoms with Crippen molar-refractivity contribution in [1.82, 2.24) is 14.9 Å². The van der Waals surface area contributed by atoms with Crippen LogP contribution in [-0.4, -0.2) is 34.5 Å². The van der Waals surface area contributed by atoms with E-state index in [1.165, 1.54) is 45.2 Å². The van der Waals surface area contributed by atoms with Gasteiger partial charge in [-0.05, 0) is 44.0 Å². The molecule has 0 atom stereocenters. The largest absolute Gasteiger partial charge is 0.342 e. The second-order valence-electron chi connectivity index (χ2n) is 6.38. The minimum Gasteiger partial charge on any atom is -0.342 e. The van der Waals surface area contributed by atoms with E-state index >= 15 is 0 Å². The van der Waals surface area contributed by atoms with Crippen molar-refractivity contribution in [3.05, 3.63) is 30.1 Å². The highest BCUT2D eigenvalue weighted by atomic mass is 15.1. The lowest BCUT2D eigenvalue weighted by atomic mass is 9.91. The molecule has 2 heterocycles. The van der Waals surface area contributed by atoms with Gasteiger partial charge in [-0.1, -0.05) is 38.3 Å². The molecule has 0 aliphatic carbocycles. The van der Waals surface area contributed by atoms with Gasteiger partial charge in [0.05, 0.1) is 11.0 Å². The monoisotopic (exact) mass is 285 g/mol. The van der Waals surface area contributed by atoms with Gasteiger partial charge in [0.15, 0.2) is 0 Å². The van der Waals surface area contributed by atoms with Crippen LogP contribution in [0, 0.1) is 5.92 Å². The second-order valence-corrected chi connectivity index (χ2v) is 6.38. The van der Waals surface area contributed by atoms with Gasteiger partial charge in [-0.2, -0.15) is 0 Å². The summed E-state index contributed by atoms with van der Waals surface area (Å²) in [6.07, 6.45) is 8.00. The van der Waals surface area contributed by atoms with E-state index in [4.69, 9.17) is 0 Å². The number of hydrogen-bond acceptors (Lipinski definition) is 2. The van der Waals surface area contributed by atoms with Crippen molar-refractivity contribution < 1.29 is 0 Å². The number of para-hydroxylation sites is 2. The molecule has 1 N–H and O–H groups in total. The predicted octanol–water partition coefficient (Wildman–Crippen LogP) is 4.01. The van der Waals surface area contributed by atoms with Gasteiger partial charge in [-0.25, -0.2) is 4.98 Å². The zero-order valence-electron chi connectivity index (χ0n) is 13.1. The Morgan fingerprint density at radius 3 is 2.81 bits per heavy atom. The first-order chi connectivity index (χ1) is 10.3. The summed E-state index contributed by atoms with van der Waals surface area (Å²) in [4.78, 5) is 10.7. The van der Waals surface area contributed by atoms with E-state index in [0.717, 1.165) is 35.7 Å². The summed E-state index contributed by atoms with van der Waals surface area (Å²) in [6, 6.07) is 8.29. The second kappa shape index (κ2) is 7.08. The van der Waals surface area contributed by atoms with Crippen LogP contribution in [0.4, 0.5) is 0 Å². The van der Waals surface area contributed by atoms with Crippen molar-refractivity contribution in [2.45, 2.75) is 45.4 Å². The van der Waals surface area contributed by atoms with Gasteiger partial charge in [0.1, 0.15) is 5.82 Å². The van der Waals surface area contributed by atoms with Crippen LogP contribution in [0.1, 0.15) is 44.9 Å². The molecule has 1 saturated heterocycles. The van der Waals surface area contributed by atoms with Gasteiger partial charge in [0.2, 0.25) is 0 Å². The molecule has 0 unspecified atom stereocenters. The number of piperidine rings is 1. The molecule has 3 nitrogen and oxygen atoms in total. The molecule has 21 heavy (non-hydrogen) atoms. The molecule has 1 fully saturated rings. The zero-order valence-corrected chi connectivity index (χ0v) is 13.1. The fourth-order valence-electron chi connectivity index (χ4n) is 3.38. The number of rotatable bonds is 6. The maximum atomic E-state index is 4.67. The summed E-state index contributed by atoms with van der Waals surface area (Å²) < 4.78 is 0. The van der Waals surface area contributed by atoms with Crippen LogP contribution in [0.15, 0.2) is 24.3 Å². The number of likely N-dealkylation sites (tertiary alicyclic amines) is 1. The van der Waals surface area contributed by atoms with Crippen LogP contribution in [0.25, 0.3) is 11.0 Å². The quantitative estimate of drug-likeness (QED) is 0.869. The third-order valence-electron chi connectivity index (χ3n) is 4.78. The van der Waals surface area contributed by atoms with E-state index in [1.807, 2.05) is 6.07 Å². The smallest absolute Gasteiger partial charge is 0.108 e. The van der Waals surface area contributed by atoms with Crippen molar-refractivity contribution in [2.24, 2.45) is 5.92 Å². The van der Waals surface area contributed by atoms with Crippen LogP contribution in [0.3, 0.4) is 0 Å². The number of hydrogen-bond donors (Lipinski definition) is 1. The normalized spacial score (nSPS) is 17.6. The van der Waals surface area contributed by atoms with Gasteiger partial charge in [-0.3, -0.25) is 0 Å². The first kappa shape index (κ1) is 14.6. The van der Waals surface area contributed by atoms with Gasteiger partial charge >= 0.3 is 0 Å². The lowest BCUT2D eigenvalue weighted by molar-refractivity contribution is 0.178. The Balaban J connectivity index is 1.45. The van der Waals surface area contributed by atoms with E-state index in [0.29, 0.717) is 0 Å². The first-order valence-corrected chi connectivity index (χ1v) is 8.51. The van der Waals surface area contributed by atoms with Crippen LogP contribution in [-0.2, 0) is 6.42 Å². The lowest BCUT2D eigenvalue weighted by Crippen LogP contribution is -2.35. The number of aromatic nitrogens is 2. The summed E-state index contributed by atoms with van der Waals surface area (Å²) in [7, 11) is 0. The van der Waals surface area contributed by atoms with Crippen molar-refractivity contribution in [3.8, 4) is 0 Å². The third-order valence-corrected chi connectivity index (χ3v) is 4.78. The molecule has 0 bridgehead atoms. The van der Waals surface area contributed by atoms with E-state index in [2.05, 4.69) is 40.0 Å². The molecule has 0 radical (unpaired) electrons. The number of benzene rings is 1. The van der Waals surface area contributed by atoms with Gasteiger partial charge in [0, 0.05) is 13.0 Å². The van der Waals surface area contributed by atoms with E-state index in [1.54, 1.807) is 0 Å². The molecule has 114 valence electrons. The number of nitrogens with one attached hydrogen (secondary N) is 1. The number of unbranched alkanes of at least 4 members (excludes halogenated alkanes) is 1. The summed E-state index contributed by atoms with van der Waals surface area (Å²) in [5, 5.41) is 0. The Labute approximate surface area is 127 Å². The Morgan fingerprint density at radius 2 is 2.05 bits per heavy atom. The molecular weight excluding hydrogens is 258 g/mol. The summed E-state index contributed by atoms with van der Waals surface area (Å²) in [5.41, 5.74) is 2.25. The highest BCUT2D eigenvalue weighted by Crippen LogP contribution is 2.22. The van der Waals surface area contributed by atoms with Crippen molar-refractivity contribution >= 4 is 11.0 Å². The molecule has 3 heteroatoms. The average molecular weight is 285 g/mol. The fraction of sp³-hybridized carbons (Fsp3) is 0.611. The number of fused-ring (bicyclic) bond motifs is 1. The van der Waals surface area contributed by atoms with E-state index < -0.39 is 0 Å².